The van der Waals surface area contributed by atoms with E-state index in [0.717, 1.165) is 22.8 Å². The van der Waals surface area contributed by atoms with Crippen molar-refractivity contribution in [3.63, 3.8) is 0 Å². The van der Waals surface area contributed by atoms with Gasteiger partial charge in [-0.15, -0.1) is 0 Å². The van der Waals surface area contributed by atoms with Crippen molar-refractivity contribution in [3.05, 3.63) is 41.0 Å². The summed E-state index contributed by atoms with van der Waals surface area (Å²) in [6.45, 7) is 0. The molecule has 4 heteroatoms. The first-order chi connectivity index (χ1) is 8.24. The van der Waals surface area contributed by atoms with Gasteiger partial charge in [0.1, 0.15) is 16.1 Å². The summed E-state index contributed by atoms with van der Waals surface area (Å²) in [7, 11) is 3.28. The first kappa shape index (κ1) is 11.7. The van der Waals surface area contributed by atoms with Crippen LogP contribution >= 0.6 is 12.2 Å². The van der Waals surface area contributed by atoms with E-state index in [4.69, 9.17) is 21.7 Å². The first-order valence-corrected chi connectivity index (χ1v) is 5.57. The molecule has 0 aliphatic carbocycles. The second kappa shape index (κ2) is 5.01. The zero-order valence-corrected chi connectivity index (χ0v) is 10.5. The van der Waals surface area contributed by atoms with E-state index in [0.29, 0.717) is 4.64 Å². The van der Waals surface area contributed by atoms with Crippen LogP contribution in [0.1, 0.15) is 0 Å². The highest BCUT2D eigenvalue weighted by atomic mass is 32.1. The van der Waals surface area contributed by atoms with Crippen LogP contribution in [-0.2, 0) is 0 Å². The van der Waals surface area contributed by atoms with Crippen LogP contribution in [0.25, 0.3) is 11.3 Å². The third-order valence-electron chi connectivity index (χ3n) is 2.47. The summed E-state index contributed by atoms with van der Waals surface area (Å²) in [4.78, 5) is 3.13. The molecule has 0 amide bonds. The Bertz CT molecular complexity index is 578. The maximum absolute atomic E-state index is 5.33. The van der Waals surface area contributed by atoms with Gasteiger partial charge in [0.15, 0.2) is 0 Å². The van der Waals surface area contributed by atoms with Crippen molar-refractivity contribution in [2.75, 3.05) is 14.2 Å². The average Bonchev–Trinajstić information content (AvgIpc) is 2.38. The summed E-state index contributed by atoms with van der Waals surface area (Å²) in [5, 5.41) is 0. The topological polar surface area (TPSA) is 34.2 Å². The van der Waals surface area contributed by atoms with Gasteiger partial charge in [0.2, 0.25) is 0 Å². The molecular weight excluding hydrogens is 234 g/mol. The number of H-pyrrole nitrogens is 1. The maximum atomic E-state index is 5.33. The Kier molecular flexibility index (Phi) is 3.44. The minimum Gasteiger partial charge on any atom is -0.497 e. The molecular formula is C13H13NO2S. The van der Waals surface area contributed by atoms with Gasteiger partial charge in [-0.25, -0.2) is 0 Å². The van der Waals surface area contributed by atoms with Gasteiger partial charge in [-0.05, 0) is 30.3 Å². The molecule has 2 aromatic rings. The van der Waals surface area contributed by atoms with E-state index in [1.54, 1.807) is 14.2 Å². The van der Waals surface area contributed by atoms with Crippen molar-refractivity contribution >= 4 is 12.2 Å². The van der Waals surface area contributed by atoms with Crippen molar-refractivity contribution < 1.29 is 9.47 Å². The molecule has 2 rings (SSSR count). The Hall–Kier alpha value is -1.81. The van der Waals surface area contributed by atoms with Gasteiger partial charge < -0.3 is 14.5 Å². The van der Waals surface area contributed by atoms with Gasteiger partial charge in [-0.2, -0.15) is 0 Å². The lowest BCUT2D eigenvalue weighted by Crippen LogP contribution is -1.92. The van der Waals surface area contributed by atoms with Crippen LogP contribution in [0.2, 0.25) is 0 Å². The predicted octanol–water partition coefficient (Wildman–Crippen LogP) is 3.43. The molecule has 0 fully saturated rings. The Balaban J connectivity index is 2.59. The number of nitrogens with one attached hydrogen (secondary N) is 1. The molecule has 0 unspecified atom stereocenters. The second-order valence-electron chi connectivity index (χ2n) is 3.49. The molecule has 17 heavy (non-hydrogen) atoms. The molecule has 3 nitrogen and oxygen atoms in total. The number of hydrogen-bond donors (Lipinski definition) is 1. The summed E-state index contributed by atoms with van der Waals surface area (Å²) >= 11 is 5.11. The SMILES string of the molecule is COc1ccc(OC)c(-c2cccc(=S)[nH]2)c1. The fourth-order valence-corrected chi connectivity index (χ4v) is 1.82. The molecule has 0 bridgehead atoms. The Morgan fingerprint density at radius 2 is 1.88 bits per heavy atom. The van der Waals surface area contributed by atoms with Crippen LogP contribution in [-0.4, -0.2) is 19.2 Å². The van der Waals surface area contributed by atoms with Crippen LogP contribution < -0.4 is 9.47 Å². The van der Waals surface area contributed by atoms with Crippen molar-refractivity contribution in [1.29, 1.82) is 0 Å². The van der Waals surface area contributed by atoms with Gasteiger partial charge >= 0.3 is 0 Å². The third-order valence-corrected chi connectivity index (χ3v) is 2.70. The number of benzene rings is 1. The number of pyridine rings is 1. The highest BCUT2D eigenvalue weighted by Crippen LogP contribution is 2.31. The number of aromatic amines is 1. The van der Waals surface area contributed by atoms with Crippen molar-refractivity contribution in [3.8, 4) is 22.8 Å². The molecule has 1 aromatic heterocycles. The van der Waals surface area contributed by atoms with Gasteiger partial charge in [0, 0.05) is 5.56 Å². The molecule has 1 aromatic carbocycles. The lowest BCUT2D eigenvalue weighted by Gasteiger charge is -2.10. The van der Waals surface area contributed by atoms with E-state index in [1.807, 2.05) is 36.4 Å². The van der Waals surface area contributed by atoms with Crippen LogP contribution in [0, 0.1) is 4.64 Å². The van der Waals surface area contributed by atoms with E-state index < -0.39 is 0 Å². The molecule has 0 saturated carbocycles. The molecule has 0 saturated heterocycles. The summed E-state index contributed by atoms with van der Waals surface area (Å²) < 4.78 is 11.2. The Morgan fingerprint density at radius 3 is 2.53 bits per heavy atom. The van der Waals surface area contributed by atoms with E-state index in [-0.39, 0.29) is 0 Å². The van der Waals surface area contributed by atoms with E-state index in [2.05, 4.69) is 4.98 Å². The molecule has 1 heterocycles. The van der Waals surface area contributed by atoms with Crippen LogP contribution in [0.3, 0.4) is 0 Å². The number of methoxy groups -OCH3 is 2. The Morgan fingerprint density at radius 1 is 1.06 bits per heavy atom. The summed E-state index contributed by atoms with van der Waals surface area (Å²) in [5.41, 5.74) is 1.84. The quantitative estimate of drug-likeness (QED) is 0.844. The normalized spacial score (nSPS) is 10.0. The molecule has 0 aliphatic heterocycles. The number of rotatable bonds is 3. The maximum Gasteiger partial charge on any atom is 0.128 e. The van der Waals surface area contributed by atoms with Gasteiger partial charge in [-0.3, -0.25) is 0 Å². The standard InChI is InChI=1S/C13H13NO2S/c1-15-9-6-7-12(16-2)10(8-9)11-4-3-5-13(17)14-11/h3-8H,1-2H3,(H,14,17). The van der Waals surface area contributed by atoms with Crippen LogP contribution in [0.4, 0.5) is 0 Å². The van der Waals surface area contributed by atoms with Gasteiger partial charge in [-0.1, -0.05) is 18.3 Å². The zero-order valence-electron chi connectivity index (χ0n) is 9.69. The smallest absolute Gasteiger partial charge is 0.128 e. The fraction of sp³-hybridized carbons (Fsp3) is 0.154. The van der Waals surface area contributed by atoms with Crippen molar-refractivity contribution in [2.24, 2.45) is 0 Å². The first-order valence-electron chi connectivity index (χ1n) is 5.16. The average molecular weight is 247 g/mol. The monoisotopic (exact) mass is 247 g/mol. The molecule has 88 valence electrons. The highest BCUT2D eigenvalue weighted by Gasteiger charge is 2.07. The lowest BCUT2D eigenvalue weighted by molar-refractivity contribution is 0.404. The molecule has 0 radical (unpaired) electrons. The molecule has 1 N–H and O–H groups in total. The van der Waals surface area contributed by atoms with E-state index >= 15 is 0 Å². The molecule has 0 atom stereocenters. The van der Waals surface area contributed by atoms with E-state index in [1.165, 1.54) is 0 Å². The number of ether oxygens (including phenoxy) is 2. The summed E-state index contributed by atoms with van der Waals surface area (Å²) in [6.07, 6.45) is 0. The highest BCUT2D eigenvalue weighted by molar-refractivity contribution is 7.71. The van der Waals surface area contributed by atoms with Crippen LogP contribution in [0.15, 0.2) is 36.4 Å². The lowest BCUT2D eigenvalue weighted by atomic mass is 10.1. The van der Waals surface area contributed by atoms with Crippen molar-refractivity contribution in [1.82, 2.24) is 4.98 Å². The fourth-order valence-electron chi connectivity index (χ4n) is 1.63. The second-order valence-corrected chi connectivity index (χ2v) is 3.93. The van der Waals surface area contributed by atoms with E-state index in [9.17, 15) is 0 Å². The zero-order chi connectivity index (χ0) is 12.3. The largest absolute Gasteiger partial charge is 0.497 e. The molecule has 0 spiro atoms. The number of aromatic nitrogens is 1. The third kappa shape index (κ3) is 2.47. The van der Waals surface area contributed by atoms with Crippen molar-refractivity contribution in [2.45, 2.75) is 0 Å². The van der Waals surface area contributed by atoms with Gasteiger partial charge in [0.25, 0.3) is 0 Å². The minimum absolute atomic E-state index is 0.687. The van der Waals surface area contributed by atoms with Gasteiger partial charge in [0.05, 0.1) is 19.9 Å². The van der Waals surface area contributed by atoms with Crippen LogP contribution in [0.5, 0.6) is 11.5 Å². The molecule has 0 aliphatic rings. The summed E-state index contributed by atoms with van der Waals surface area (Å²) in [5.74, 6) is 1.56. The summed E-state index contributed by atoms with van der Waals surface area (Å²) in [6, 6.07) is 11.4. The minimum atomic E-state index is 0.687. The number of hydrogen-bond acceptors (Lipinski definition) is 3. The Labute approximate surface area is 105 Å². The predicted molar refractivity (Wildman–Crippen MR) is 70.2 cm³/mol.